The summed E-state index contributed by atoms with van der Waals surface area (Å²) in [5, 5.41) is 0. The molecule has 4 heteroatoms. The molecule has 0 heterocycles. The molecule has 0 saturated heterocycles. The summed E-state index contributed by atoms with van der Waals surface area (Å²) in [4.78, 5) is 3.76. The van der Waals surface area contributed by atoms with Crippen LogP contribution in [0, 0.1) is 0 Å². The SMILES string of the molecule is CC.CN=C(CCCF)NN. The Balaban J connectivity index is 0. The van der Waals surface area contributed by atoms with Crippen LogP contribution < -0.4 is 11.3 Å². The van der Waals surface area contributed by atoms with Gasteiger partial charge in [0.05, 0.1) is 6.67 Å². The summed E-state index contributed by atoms with van der Waals surface area (Å²) in [6.45, 7) is 3.68. The van der Waals surface area contributed by atoms with Crippen LogP contribution in [0.1, 0.15) is 26.7 Å². The highest BCUT2D eigenvalue weighted by atomic mass is 19.1. The van der Waals surface area contributed by atoms with Crippen molar-refractivity contribution in [1.29, 1.82) is 0 Å². The van der Waals surface area contributed by atoms with Gasteiger partial charge >= 0.3 is 0 Å². The molecule has 0 unspecified atom stereocenters. The van der Waals surface area contributed by atoms with Crippen LogP contribution in [-0.2, 0) is 0 Å². The van der Waals surface area contributed by atoms with Crippen molar-refractivity contribution >= 4 is 5.84 Å². The smallest absolute Gasteiger partial charge is 0.110 e. The van der Waals surface area contributed by atoms with Crippen molar-refractivity contribution in [2.75, 3.05) is 13.7 Å². The van der Waals surface area contributed by atoms with Crippen molar-refractivity contribution in [2.24, 2.45) is 10.8 Å². The Morgan fingerprint density at radius 2 is 2.09 bits per heavy atom. The third-order valence-electron chi connectivity index (χ3n) is 0.984. The van der Waals surface area contributed by atoms with Crippen LogP contribution in [0.2, 0.25) is 0 Å². The van der Waals surface area contributed by atoms with E-state index in [-0.39, 0.29) is 6.67 Å². The number of hydrogen-bond acceptors (Lipinski definition) is 2. The summed E-state index contributed by atoms with van der Waals surface area (Å²) in [5.41, 5.74) is 2.37. The zero-order valence-corrected chi connectivity index (χ0v) is 7.52. The average molecular weight is 163 g/mol. The van der Waals surface area contributed by atoms with Crippen LogP contribution in [0.4, 0.5) is 4.39 Å². The molecule has 0 saturated carbocycles. The monoisotopic (exact) mass is 163 g/mol. The second-order valence-corrected chi connectivity index (χ2v) is 1.61. The first-order valence-corrected chi connectivity index (χ1v) is 3.83. The molecule has 0 spiro atoms. The molecule has 0 fully saturated rings. The van der Waals surface area contributed by atoms with Gasteiger partial charge in [0.25, 0.3) is 0 Å². The second kappa shape index (κ2) is 12.1. The highest BCUT2D eigenvalue weighted by molar-refractivity contribution is 5.81. The number of nitrogens with one attached hydrogen (secondary N) is 1. The van der Waals surface area contributed by atoms with Crippen LogP contribution in [0.5, 0.6) is 0 Å². The first kappa shape index (κ1) is 13.0. The van der Waals surface area contributed by atoms with Crippen LogP contribution in [0.25, 0.3) is 0 Å². The lowest BCUT2D eigenvalue weighted by molar-refractivity contribution is 0.477. The minimum atomic E-state index is -0.319. The molecule has 0 aliphatic rings. The van der Waals surface area contributed by atoms with E-state index in [0.717, 1.165) is 0 Å². The average Bonchev–Trinajstić information content (AvgIpc) is 2.10. The summed E-state index contributed by atoms with van der Waals surface area (Å²) in [5.74, 6) is 5.67. The van der Waals surface area contributed by atoms with Crippen molar-refractivity contribution in [3.8, 4) is 0 Å². The molecule has 3 nitrogen and oxygen atoms in total. The van der Waals surface area contributed by atoms with Gasteiger partial charge in [-0.2, -0.15) is 0 Å². The number of hydrogen-bond donors (Lipinski definition) is 2. The topological polar surface area (TPSA) is 50.4 Å². The number of rotatable bonds is 3. The molecule has 3 N–H and O–H groups in total. The molecule has 0 aliphatic carbocycles. The van der Waals surface area contributed by atoms with Crippen LogP contribution >= 0.6 is 0 Å². The van der Waals surface area contributed by atoms with E-state index in [0.29, 0.717) is 18.7 Å². The lowest BCUT2D eigenvalue weighted by Gasteiger charge is -2.00. The summed E-state index contributed by atoms with van der Waals surface area (Å²) >= 11 is 0. The molecule has 0 aromatic rings. The molecule has 0 rings (SSSR count). The first-order chi connectivity index (χ1) is 5.35. The van der Waals surface area contributed by atoms with E-state index in [4.69, 9.17) is 5.84 Å². The largest absolute Gasteiger partial charge is 0.312 e. The van der Waals surface area contributed by atoms with E-state index < -0.39 is 0 Å². The van der Waals surface area contributed by atoms with Gasteiger partial charge < -0.3 is 5.43 Å². The van der Waals surface area contributed by atoms with E-state index >= 15 is 0 Å². The first-order valence-electron chi connectivity index (χ1n) is 3.83. The minimum Gasteiger partial charge on any atom is -0.312 e. The normalized spacial score (nSPS) is 10.1. The Labute approximate surface area is 67.9 Å². The maximum Gasteiger partial charge on any atom is 0.110 e. The number of nitrogens with zero attached hydrogens (tertiary/aromatic N) is 1. The summed E-state index contributed by atoms with van der Waals surface area (Å²) in [6, 6.07) is 0. The van der Waals surface area contributed by atoms with Gasteiger partial charge in [-0.05, 0) is 6.42 Å². The quantitative estimate of drug-likeness (QED) is 0.285. The summed E-state index contributed by atoms with van der Waals surface area (Å²) in [6.07, 6.45) is 1.07. The lowest BCUT2D eigenvalue weighted by Crippen LogP contribution is -2.30. The number of halogens is 1. The van der Waals surface area contributed by atoms with Gasteiger partial charge in [0.1, 0.15) is 5.84 Å². The molecule has 0 aliphatic heterocycles. The number of hydrazine groups is 1. The zero-order chi connectivity index (χ0) is 9.11. The van der Waals surface area contributed by atoms with Crippen LogP contribution in [0.15, 0.2) is 4.99 Å². The standard InChI is InChI=1S/C5H12FN3.C2H6/c1-8-5(9-7)3-2-4-6;1-2/h2-4,7H2,1H3,(H,8,9);1-2H3. The van der Waals surface area contributed by atoms with Gasteiger partial charge in [-0.15, -0.1) is 0 Å². The lowest BCUT2D eigenvalue weighted by atomic mass is 10.3. The molecule has 0 amide bonds. The maximum absolute atomic E-state index is 11.5. The number of alkyl halides is 1. The molecule has 68 valence electrons. The highest BCUT2D eigenvalue weighted by Crippen LogP contribution is 1.89. The van der Waals surface area contributed by atoms with E-state index in [1.807, 2.05) is 13.8 Å². The van der Waals surface area contributed by atoms with Crippen molar-refractivity contribution in [3.05, 3.63) is 0 Å². The fraction of sp³-hybridized carbons (Fsp3) is 0.857. The molecule has 0 aromatic carbocycles. The van der Waals surface area contributed by atoms with E-state index in [2.05, 4.69) is 10.4 Å². The van der Waals surface area contributed by atoms with E-state index in [1.165, 1.54) is 0 Å². The molecular weight excluding hydrogens is 145 g/mol. The van der Waals surface area contributed by atoms with Gasteiger partial charge in [0.15, 0.2) is 0 Å². The van der Waals surface area contributed by atoms with Gasteiger partial charge in [0.2, 0.25) is 0 Å². The second-order valence-electron chi connectivity index (χ2n) is 1.61. The number of amidine groups is 1. The van der Waals surface area contributed by atoms with E-state index in [1.54, 1.807) is 7.05 Å². The third kappa shape index (κ3) is 9.36. The fourth-order valence-electron chi connectivity index (χ4n) is 0.483. The number of aliphatic imine (C=N–C) groups is 1. The summed E-state index contributed by atoms with van der Waals surface area (Å²) < 4.78 is 11.5. The van der Waals surface area contributed by atoms with Crippen LogP contribution in [0.3, 0.4) is 0 Å². The number of nitrogens with two attached hydrogens (primary N) is 1. The van der Waals surface area contributed by atoms with Gasteiger partial charge in [0, 0.05) is 13.5 Å². The Hall–Kier alpha value is -0.640. The van der Waals surface area contributed by atoms with Gasteiger partial charge in [-0.25, -0.2) is 5.84 Å². The molecule has 0 bridgehead atoms. The zero-order valence-electron chi connectivity index (χ0n) is 7.52. The maximum atomic E-state index is 11.5. The molecule has 0 aromatic heterocycles. The minimum absolute atomic E-state index is 0.319. The van der Waals surface area contributed by atoms with Gasteiger partial charge in [-0.1, -0.05) is 13.8 Å². The Morgan fingerprint density at radius 3 is 2.36 bits per heavy atom. The third-order valence-corrected chi connectivity index (χ3v) is 0.984. The summed E-state index contributed by atoms with van der Waals surface area (Å²) in [7, 11) is 1.62. The van der Waals surface area contributed by atoms with Gasteiger partial charge in [-0.3, -0.25) is 9.38 Å². The molecule has 0 radical (unpaired) electrons. The van der Waals surface area contributed by atoms with E-state index in [9.17, 15) is 4.39 Å². The Morgan fingerprint density at radius 1 is 1.55 bits per heavy atom. The van der Waals surface area contributed by atoms with Crippen LogP contribution in [-0.4, -0.2) is 19.6 Å². The van der Waals surface area contributed by atoms with Crippen molar-refractivity contribution in [1.82, 2.24) is 5.43 Å². The van der Waals surface area contributed by atoms with Crippen molar-refractivity contribution in [3.63, 3.8) is 0 Å². The predicted molar refractivity (Wildman–Crippen MR) is 47.2 cm³/mol. The Kier molecular flexibility index (Phi) is 14.3. The molecule has 0 atom stereocenters. The van der Waals surface area contributed by atoms with Crippen molar-refractivity contribution < 1.29 is 4.39 Å². The molecule has 11 heavy (non-hydrogen) atoms. The Bertz CT molecular complexity index is 93.7. The highest BCUT2D eigenvalue weighted by Gasteiger charge is 1.92. The fourth-order valence-corrected chi connectivity index (χ4v) is 0.483. The molecular formula is C7H18FN3. The van der Waals surface area contributed by atoms with Crippen molar-refractivity contribution in [2.45, 2.75) is 26.7 Å². The predicted octanol–water partition coefficient (Wildman–Crippen LogP) is 1.25.